The summed E-state index contributed by atoms with van der Waals surface area (Å²) in [7, 11) is 1.66. The summed E-state index contributed by atoms with van der Waals surface area (Å²) < 4.78 is 79.7. The lowest BCUT2D eigenvalue weighted by Crippen LogP contribution is -2.46. The van der Waals surface area contributed by atoms with Crippen LogP contribution in [-0.4, -0.2) is 25.0 Å². The smallest absolute Gasteiger partial charge is 0.307 e. The molecule has 3 rings (SSSR count). The Hall–Kier alpha value is -1.48. The summed E-state index contributed by atoms with van der Waals surface area (Å²) >= 11 is 12.0. The van der Waals surface area contributed by atoms with Crippen molar-refractivity contribution in [3.05, 3.63) is 68.7 Å². The average molecular weight is 457 g/mol. The third-order valence-electron chi connectivity index (χ3n) is 4.87. The van der Waals surface area contributed by atoms with E-state index in [2.05, 4.69) is 5.32 Å². The molecule has 0 aromatic heterocycles. The van der Waals surface area contributed by atoms with Gasteiger partial charge < -0.3 is 5.32 Å². The second kappa shape index (κ2) is 7.98. The molecule has 158 valence electrons. The van der Waals surface area contributed by atoms with Gasteiger partial charge in [-0.05, 0) is 48.5 Å². The van der Waals surface area contributed by atoms with E-state index < -0.39 is 35.6 Å². The maximum atomic E-state index is 13.3. The quantitative estimate of drug-likeness (QED) is 0.529. The fraction of sp³-hybridized carbons (Fsp3) is 0.368. The van der Waals surface area contributed by atoms with E-state index >= 15 is 0 Å². The van der Waals surface area contributed by atoms with Crippen LogP contribution in [0, 0.1) is 0 Å². The lowest BCUT2D eigenvalue weighted by molar-refractivity contribution is -0.143. The number of likely N-dealkylation sites (N-methyl/N-ethyl adjacent to an activating group) is 1. The Morgan fingerprint density at radius 3 is 1.97 bits per heavy atom. The van der Waals surface area contributed by atoms with Gasteiger partial charge in [0, 0.05) is 13.1 Å². The molecule has 1 fully saturated rings. The molecule has 2 unspecified atom stereocenters. The lowest BCUT2D eigenvalue weighted by Gasteiger charge is -2.41. The summed E-state index contributed by atoms with van der Waals surface area (Å²) in [5.74, 6) is 0. The van der Waals surface area contributed by atoms with E-state index in [0.29, 0.717) is 23.7 Å². The Morgan fingerprint density at radius 2 is 1.45 bits per heavy atom. The molecule has 1 heterocycles. The van der Waals surface area contributed by atoms with Crippen molar-refractivity contribution in [3.8, 4) is 0 Å². The topological polar surface area (TPSA) is 15.3 Å². The average Bonchev–Trinajstić information content (AvgIpc) is 2.62. The Bertz CT molecular complexity index is 865. The van der Waals surface area contributed by atoms with Crippen LogP contribution in [0.15, 0.2) is 36.4 Å². The standard InChI is InChI=1S/C19H16Cl2F6N2/c1-29-5-4-28-16(10-2-3-14(20)15(21)8-10)17(29)11-6-12(18(22,23)24)9-13(7-11)19(25,26)27/h2-3,6-9,16-17,28H,4-5H2,1H3. The lowest BCUT2D eigenvalue weighted by atomic mass is 9.88. The number of hydrogen-bond acceptors (Lipinski definition) is 2. The summed E-state index contributed by atoms with van der Waals surface area (Å²) in [4.78, 5) is 1.72. The van der Waals surface area contributed by atoms with Gasteiger partial charge >= 0.3 is 12.4 Å². The molecule has 0 spiro atoms. The van der Waals surface area contributed by atoms with Crippen LogP contribution in [0.2, 0.25) is 10.0 Å². The fourth-order valence-corrected chi connectivity index (χ4v) is 3.81. The second-order valence-corrected chi connectivity index (χ2v) is 7.68. The molecule has 0 amide bonds. The maximum Gasteiger partial charge on any atom is 0.416 e. The van der Waals surface area contributed by atoms with Crippen LogP contribution in [0.3, 0.4) is 0 Å². The van der Waals surface area contributed by atoms with E-state index in [1.54, 1.807) is 30.1 Å². The first kappa shape index (κ1) is 22.2. The number of halogens is 8. The Morgan fingerprint density at radius 1 is 0.862 bits per heavy atom. The molecule has 2 aromatic rings. The summed E-state index contributed by atoms with van der Waals surface area (Å²) in [5, 5.41) is 3.72. The van der Waals surface area contributed by atoms with Gasteiger partial charge in [0.05, 0.1) is 33.3 Å². The first-order valence-electron chi connectivity index (χ1n) is 8.56. The van der Waals surface area contributed by atoms with Crippen LogP contribution in [0.4, 0.5) is 26.3 Å². The molecule has 0 radical (unpaired) electrons. The third-order valence-corrected chi connectivity index (χ3v) is 5.61. The monoisotopic (exact) mass is 456 g/mol. The zero-order valence-corrected chi connectivity index (χ0v) is 16.5. The highest BCUT2D eigenvalue weighted by Gasteiger charge is 2.39. The molecule has 0 aliphatic carbocycles. The molecule has 1 N–H and O–H groups in total. The van der Waals surface area contributed by atoms with Crippen molar-refractivity contribution in [3.63, 3.8) is 0 Å². The van der Waals surface area contributed by atoms with Crippen molar-refractivity contribution < 1.29 is 26.3 Å². The minimum atomic E-state index is -4.91. The van der Waals surface area contributed by atoms with Gasteiger partial charge in [0.15, 0.2) is 0 Å². The van der Waals surface area contributed by atoms with Crippen LogP contribution in [0.1, 0.15) is 34.3 Å². The summed E-state index contributed by atoms with van der Waals surface area (Å²) in [6, 6.07) is 5.08. The number of rotatable bonds is 2. The Kier molecular flexibility index (Phi) is 6.11. The molecule has 2 nitrogen and oxygen atoms in total. The van der Waals surface area contributed by atoms with Gasteiger partial charge in [-0.1, -0.05) is 29.3 Å². The van der Waals surface area contributed by atoms with Crippen molar-refractivity contribution in [1.29, 1.82) is 0 Å². The van der Waals surface area contributed by atoms with Gasteiger partial charge in [-0.2, -0.15) is 26.3 Å². The molecule has 1 aliphatic heterocycles. The minimum Gasteiger partial charge on any atom is -0.307 e. The van der Waals surface area contributed by atoms with E-state index in [9.17, 15) is 26.3 Å². The zero-order valence-electron chi connectivity index (χ0n) is 15.0. The molecule has 1 aliphatic rings. The predicted octanol–water partition coefficient (Wildman–Crippen LogP) is 6.35. The summed E-state index contributed by atoms with van der Waals surface area (Å²) in [6.07, 6.45) is -9.81. The van der Waals surface area contributed by atoms with Gasteiger partial charge in [0.1, 0.15) is 0 Å². The first-order valence-corrected chi connectivity index (χ1v) is 9.31. The van der Waals surface area contributed by atoms with Crippen molar-refractivity contribution in [2.24, 2.45) is 0 Å². The number of nitrogens with one attached hydrogen (secondary N) is 1. The molecule has 1 saturated heterocycles. The normalized spacial score (nSPS) is 21.4. The zero-order chi connectivity index (χ0) is 21.6. The predicted molar refractivity (Wildman–Crippen MR) is 99.0 cm³/mol. The van der Waals surface area contributed by atoms with Crippen LogP contribution in [-0.2, 0) is 12.4 Å². The molecule has 2 atom stereocenters. The maximum absolute atomic E-state index is 13.3. The van der Waals surface area contributed by atoms with Crippen molar-refractivity contribution >= 4 is 23.2 Å². The SMILES string of the molecule is CN1CCNC(c2ccc(Cl)c(Cl)c2)C1c1cc(C(F)(F)F)cc(C(F)(F)F)c1. The van der Waals surface area contributed by atoms with Gasteiger partial charge in [0.2, 0.25) is 0 Å². The Balaban J connectivity index is 2.15. The molecule has 0 saturated carbocycles. The number of piperazine rings is 1. The molecule has 2 aromatic carbocycles. The van der Waals surface area contributed by atoms with E-state index in [0.717, 1.165) is 12.1 Å². The van der Waals surface area contributed by atoms with Crippen molar-refractivity contribution in [2.75, 3.05) is 20.1 Å². The Labute approximate surface area is 173 Å². The number of alkyl halides is 6. The number of hydrogen-bond donors (Lipinski definition) is 1. The van der Waals surface area contributed by atoms with Crippen LogP contribution in [0.5, 0.6) is 0 Å². The van der Waals surface area contributed by atoms with Crippen molar-refractivity contribution in [2.45, 2.75) is 24.4 Å². The highest BCUT2D eigenvalue weighted by molar-refractivity contribution is 6.42. The van der Waals surface area contributed by atoms with Crippen LogP contribution < -0.4 is 5.32 Å². The van der Waals surface area contributed by atoms with Crippen LogP contribution in [0.25, 0.3) is 0 Å². The van der Waals surface area contributed by atoms with Crippen molar-refractivity contribution in [1.82, 2.24) is 10.2 Å². The number of benzene rings is 2. The third kappa shape index (κ3) is 4.82. The van der Waals surface area contributed by atoms with E-state index in [1.165, 1.54) is 0 Å². The van der Waals surface area contributed by atoms with E-state index in [4.69, 9.17) is 23.2 Å². The molecular weight excluding hydrogens is 441 g/mol. The number of nitrogens with zero attached hydrogens (tertiary/aromatic N) is 1. The molecule has 29 heavy (non-hydrogen) atoms. The molecule has 0 bridgehead atoms. The molecule has 10 heteroatoms. The summed E-state index contributed by atoms with van der Waals surface area (Å²) in [6.45, 7) is 0.948. The first-order chi connectivity index (χ1) is 13.4. The highest BCUT2D eigenvalue weighted by atomic mass is 35.5. The van der Waals surface area contributed by atoms with E-state index in [-0.39, 0.29) is 16.7 Å². The fourth-order valence-electron chi connectivity index (χ4n) is 3.50. The van der Waals surface area contributed by atoms with E-state index in [1.807, 2.05) is 0 Å². The highest BCUT2D eigenvalue weighted by Crippen LogP contribution is 2.42. The van der Waals surface area contributed by atoms with Gasteiger partial charge in [-0.15, -0.1) is 0 Å². The van der Waals surface area contributed by atoms with Gasteiger partial charge in [0.25, 0.3) is 0 Å². The minimum absolute atomic E-state index is 0.0853. The molecular formula is C19H16Cl2F6N2. The van der Waals surface area contributed by atoms with Crippen LogP contribution >= 0.6 is 23.2 Å². The summed E-state index contributed by atoms with van der Waals surface area (Å²) in [5.41, 5.74) is -2.15. The van der Waals surface area contributed by atoms with Gasteiger partial charge in [-0.25, -0.2) is 0 Å². The largest absolute Gasteiger partial charge is 0.416 e. The second-order valence-electron chi connectivity index (χ2n) is 6.87. The van der Waals surface area contributed by atoms with Gasteiger partial charge in [-0.3, -0.25) is 4.90 Å².